The zero-order chi connectivity index (χ0) is 24.2. The Morgan fingerprint density at radius 1 is 1.03 bits per heavy atom. The fourth-order valence-corrected chi connectivity index (χ4v) is 5.21. The Morgan fingerprint density at radius 3 is 2.40 bits per heavy atom. The van der Waals surface area contributed by atoms with Crippen molar-refractivity contribution in [1.82, 2.24) is 14.6 Å². The van der Waals surface area contributed by atoms with Gasteiger partial charge < -0.3 is 14.4 Å². The van der Waals surface area contributed by atoms with Gasteiger partial charge >= 0.3 is 5.97 Å². The second-order valence-electron chi connectivity index (χ2n) is 8.66. The van der Waals surface area contributed by atoms with E-state index in [2.05, 4.69) is 36.1 Å². The Morgan fingerprint density at radius 2 is 1.74 bits per heavy atom. The third-order valence-corrected chi connectivity index (χ3v) is 7.19. The number of fused-ring (bicyclic) bond motifs is 1. The predicted octanol–water partition coefficient (Wildman–Crippen LogP) is 5.70. The van der Waals surface area contributed by atoms with Gasteiger partial charge in [-0.25, -0.2) is 14.3 Å². The van der Waals surface area contributed by atoms with E-state index in [0.29, 0.717) is 18.3 Å². The van der Waals surface area contributed by atoms with Crippen LogP contribution in [-0.4, -0.2) is 53.0 Å². The maximum absolute atomic E-state index is 11.9. The Kier molecular flexibility index (Phi) is 7.11. The SMILES string of the molecule is CCCOC1CCN(c2ccc(-c3nn4cc(-c5ccc(C(=O)OCC)cc5)nc4s3)cc2)CC1. The second-order valence-corrected chi connectivity index (χ2v) is 9.62. The lowest BCUT2D eigenvalue weighted by Gasteiger charge is -2.33. The highest BCUT2D eigenvalue weighted by Crippen LogP contribution is 2.30. The number of imidazole rings is 1. The molecule has 0 spiro atoms. The van der Waals surface area contributed by atoms with Crippen LogP contribution in [0, 0.1) is 0 Å². The van der Waals surface area contributed by atoms with Crippen LogP contribution in [0.15, 0.2) is 54.7 Å². The summed E-state index contributed by atoms with van der Waals surface area (Å²) in [6, 6.07) is 16.0. The highest BCUT2D eigenvalue weighted by atomic mass is 32.1. The van der Waals surface area contributed by atoms with E-state index in [0.717, 1.165) is 65.7 Å². The topological polar surface area (TPSA) is 69.0 Å². The Hall–Kier alpha value is -3.23. The molecular weight excluding hydrogens is 460 g/mol. The van der Waals surface area contributed by atoms with Gasteiger partial charge in [0, 0.05) is 36.5 Å². The van der Waals surface area contributed by atoms with Crippen LogP contribution in [-0.2, 0) is 9.47 Å². The Balaban J connectivity index is 1.25. The minimum atomic E-state index is -0.312. The molecule has 182 valence electrons. The van der Waals surface area contributed by atoms with Gasteiger partial charge in [-0.1, -0.05) is 30.4 Å². The first-order valence-electron chi connectivity index (χ1n) is 12.3. The number of piperidine rings is 1. The molecule has 0 atom stereocenters. The van der Waals surface area contributed by atoms with Gasteiger partial charge in [0.15, 0.2) is 0 Å². The molecule has 0 aliphatic carbocycles. The average Bonchev–Trinajstić information content (AvgIpc) is 3.48. The fourth-order valence-electron chi connectivity index (χ4n) is 4.33. The molecule has 0 saturated carbocycles. The van der Waals surface area contributed by atoms with Crippen molar-refractivity contribution in [3.8, 4) is 21.8 Å². The highest BCUT2D eigenvalue weighted by Gasteiger charge is 2.20. The lowest BCUT2D eigenvalue weighted by molar-refractivity contribution is 0.0375. The number of hydrogen-bond donors (Lipinski definition) is 0. The molecule has 7 nitrogen and oxygen atoms in total. The molecule has 1 saturated heterocycles. The lowest BCUT2D eigenvalue weighted by Crippen LogP contribution is -2.37. The van der Waals surface area contributed by atoms with Crippen LogP contribution in [0.3, 0.4) is 0 Å². The minimum absolute atomic E-state index is 0.312. The zero-order valence-corrected chi connectivity index (χ0v) is 21.0. The number of ether oxygens (including phenoxy) is 2. The maximum Gasteiger partial charge on any atom is 0.338 e. The van der Waals surface area contributed by atoms with Crippen molar-refractivity contribution in [1.29, 1.82) is 0 Å². The maximum atomic E-state index is 11.9. The van der Waals surface area contributed by atoms with Gasteiger partial charge in [-0.05, 0) is 62.6 Å². The van der Waals surface area contributed by atoms with E-state index in [-0.39, 0.29) is 5.97 Å². The summed E-state index contributed by atoms with van der Waals surface area (Å²) in [5, 5.41) is 5.69. The summed E-state index contributed by atoms with van der Waals surface area (Å²) < 4.78 is 12.8. The molecule has 3 heterocycles. The summed E-state index contributed by atoms with van der Waals surface area (Å²) in [6.07, 6.45) is 5.57. The van der Waals surface area contributed by atoms with E-state index < -0.39 is 0 Å². The standard InChI is InChI=1S/C27H30N4O3S/c1-3-17-34-23-13-15-30(16-14-23)22-11-9-20(10-12-22)25-29-31-18-24(28-27(31)35-25)19-5-7-21(8-6-19)26(32)33-4-2/h5-12,18,23H,3-4,13-17H2,1-2H3. The largest absolute Gasteiger partial charge is 0.462 e. The van der Waals surface area contributed by atoms with Crippen LogP contribution >= 0.6 is 11.3 Å². The molecule has 35 heavy (non-hydrogen) atoms. The van der Waals surface area contributed by atoms with Crippen LogP contribution in [0.4, 0.5) is 5.69 Å². The summed E-state index contributed by atoms with van der Waals surface area (Å²) in [5.74, 6) is -0.312. The number of anilines is 1. The predicted molar refractivity (Wildman–Crippen MR) is 139 cm³/mol. The van der Waals surface area contributed by atoms with E-state index in [9.17, 15) is 4.79 Å². The molecule has 0 amide bonds. The Labute approximate surface area is 209 Å². The molecule has 0 bridgehead atoms. The number of aromatic nitrogens is 3. The molecule has 0 N–H and O–H groups in total. The van der Waals surface area contributed by atoms with Crippen molar-refractivity contribution in [3.05, 3.63) is 60.3 Å². The number of rotatable bonds is 8. The molecule has 1 aliphatic rings. The van der Waals surface area contributed by atoms with Crippen LogP contribution in [0.5, 0.6) is 0 Å². The third kappa shape index (κ3) is 5.23. The van der Waals surface area contributed by atoms with Crippen molar-refractivity contribution in [2.45, 2.75) is 39.2 Å². The van der Waals surface area contributed by atoms with Crippen molar-refractivity contribution >= 4 is 28.0 Å². The number of hydrogen-bond acceptors (Lipinski definition) is 7. The van der Waals surface area contributed by atoms with Crippen LogP contribution in [0.25, 0.3) is 26.8 Å². The number of carbonyl (C=O) groups is 1. The average molecular weight is 491 g/mol. The molecule has 4 aromatic rings. The van der Waals surface area contributed by atoms with Gasteiger partial charge in [0.1, 0.15) is 5.01 Å². The summed E-state index contributed by atoms with van der Waals surface area (Å²) in [5.41, 5.74) is 4.64. The molecule has 1 fully saturated rings. The first kappa shape index (κ1) is 23.5. The van der Waals surface area contributed by atoms with Crippen molar-refractivity contribution in [2.24, 2.45) is 0 Å². The number of carbonyl (C=O) groups excluding carboxylic acids is 1. The van der Waals surface area contributed by atoms with Crippen molar-refractivity contribution in [2.75, 3.05) is 31.2 Å². The van der Waals surface area contributed by atoms with Gasteiger partial charge in [-0.3, -0.25) is 0 Å². The van der Waals surface area contributed by atoms with E-state index >= 15 is 0 Å². The molecule has 0 radical (unpaired) electrons. The van der Waals surface area contributed by atoms with Crippen LogP contribution in [0.1, 0.15) is 43.5 Å². The number of benzene rings is 2. The molecule has 5 rings (SSSR count). The first-order valence-corrected chi connectivity index (χ1v) is 13.1. The summed E-state index contributed by atoms with van der Waals surface area (Å²) >= 11 is 1.57. The molecule has 1 aliphatic heterocycles. The molecule has 0 unspecified atom stereocenters. The first-order chi connectivity index (χ1) is 17.1. The molecule has 2 aromatic carbocycles. The fraction of sp³-hybridized carbons (Fsp3) is 0.370. The summed E-state index contributed by atoms with van der Waals surface area (Å²) in [6.45, 7) is 7.24. The van der Waals surface area contributed by atoms with Gasteiger partial charge in [-0.15, -0.1) is 0 Å². The van der Waals surface area contributed by atoms with Crippen LogP contribution in [0.2, 0.25) is 0 Å². The van der Waals surface area contributed by atoms with Crippen LogP contribution < -0.4 is 4.90 Å². The van der Waals surface area contributed by atoms with Gasteiger partial charge in [0.25, 0.3) is 0 Å². The highest BCUT2D eigenvalue weighted by molar-refractivity contribution is 7.19. The molecular formula is C27H30N4O3S. The number of nitrogens with zero attached hydrogens (tertiary/aromatic N) is 4. The third-order valence-electron chi connectivity index (χ3n) is 6.21. The monoisotopic (exact) mass is 490 g/mol. The zero-order valence-electron chi connectivity index (χ0n) is 20.1. The normalized spacial score (nSPS) is 14.5. The number of esters is 1. The molecule has 2 aromatic heterocycles. The van der Waals surface area contributed by atoms with E-state index in [4.69, 9.17) is 19.6 Å². The van der Waals surface area contributed by atoms with E-state index in [1.54, 1.807) is 30.4 Å². The minimum Gasteiger partial charge on any atom is -0.462 e. The quantitative estimate of drug-likeness (QED) is 0.295. The summed E-state index contributed by atoms with van der Waals surface area (Å²) in [4.78, 5) is 19.9. The van der Waals surface area contributed by atoms with Gasteiger partial charge in [0.2, 0.25) is 4.96 Å². The Bertz CT molecular complexity index is 1240. The van der Waals surface area contributed by atoms with Gasteiger partial charge in [0.05, 0.1) is 30.2 Å². The van der Waals surface area contributed by atoms with Crippen molar-refractivity contribution in [3.63, 3.8) is 0 Å². The smallest absolute Gasteiger partial charge is 0.338 e. The molecule has 8 heteroatoms. The van der Waals surface area contributed by atoms with E-state index in [1.807, 2.05) is 22.8 Å². The lowest BCUT2D eigenvalue weighted by atomic mass is 10.1. The summed E-state index contributed by atoms with van der Waals surface area (Å²) in [7, 11) is 0. The van der Waals surface area contributed by atoms with E-state index in [1.165, 1.54) is 5.69 Å². The second kappa shape index (κ2) is 10.6. The van der Waals surface area contributed by atoms with Crippen molar-refractivity contribution < 1.29 is 14.3 Å². The van der Waals surface area contributed by atoms with Gasteiger partial charge in [-0.2, -0.15) is 5.10 Å².